The summed E-state index contributed by atoms with van der Waals surface area (Å²) in [4.78, 5) is 18.8. The van der Waals surface area contributed by atoms with Crippen molar-refractivity contribution in [1.29, 1.82) is 0 Å². The molecule has 27 heavy (non-hydrogen) atoms. The van der Waals surface area contributed by atoms with Crippen molar-refractivity contribution in [3.05, 3.63) is 47.5 Å². The maximum atomic E-state index is 12.7. The predicted molar refractivity (Wildman–Crippen MR) is 104 cm³/mol. The van der Waals surface area contributed by atoms with E-state index >= 15 is 0 Å². The molecule has 2 heterocycles. The minimum atomic E-state index is -3.30. The number of imidazole rings is 1. The van der Waals surface area contributed by atoms with E-state index in [-0.39, 0.29) is 12.6 Å². The van der Waals surface area contributed by atoms with Crippen molar-refractivity contribution in [2.75, 3.05) is 18.1 Å². The zero-order valence-electron chi connectivity index (χ0n) is 15.6. The van der Waals surface area contributed by atoms with E-state index in [9.17, 15) is 13.2 Å². The number of anilines is 1. The van der Waals surface area contributed by atoms with Gasteiger partial charge in [0.15, 0.2) is 0 Å². The first kappa shape index (κ1) is 19.4. The van der Waals surface area contributed by atoms with Crippen LogP contribution in [0.15, 0.2) is 30.6 Å². The van der Waals surface area contributed by atoms with Gasteiger partial charge in [-0.2, -0.15) is 0 Å². The van der Waals surface area contributed by atoms with Gasteiger partial charge < -0.3 is 14.8 Å². The molecular weight excluding hydrogens is 366 g/mol. The van der Waals surface area contributed by atoms with Gasteiger partial charge in [-0.05, 0) is 30.5 Å². The fourth-order valence-electron chi connectivity index (χ4n) is 3.06. The largest absolute Gasteiger partial charge is 0.333 e. The molecule has 0 unspecified atom stereocenters. The molecule has 3 rings (SSSR count). The molecule has 2 N–H and O–H groups in total. The van der Waals surface area contributed by atoms with Crippen LogP contribution < -0.4 is 10.0 Å². The highest BCUT2D eigenvalue weighted by Gasteiger charge is 2.22. The number of carbonyl (C=O) groups excluding carboxylic acids is 1. The normalized spacial score (nSPS) is 14.5. The Morgan fingerprint density at radius 2 is 1.96 bits per heavy atom. The number of fused-ring (bicyclic) bond motifs is 1. The summed E-state index contributed by atoms with van der Waals surface area (Å²) in [7, 11) is -3.30. The lowest BCUT2D eigenvalue weighted by Crippen LogP contribution is -2.35. The Bertz CT molecular complexity index is 906. The number of amides is 2. The van der Waals surface area contributed by atoms with Crippen molar-refractivity contribution in [2.24, 2.45) is 0 Å². The van der Waals surface area contributed by atoms with Crippen LogP contribution in [-0.2, 0) is 36.1 Å². The summed E-state index contributed by atoms with van der Waals surface area (Å²) in [5.74, 6) is 0. The number of benzene rings is 1. The SMILES string of the molecule is CCc1ccc(NC(=O)N2CCCn3cnc(CNS(C)(=O)=O)c3C2)cc1. The smallest absolute Gasteiger partial charge is 0.322 e. The van der Waals surface area contributed by atoms with Gasteiger partial charge >= 0.3 is 6.03 Å². The maximum absolute atomic E-state index is 12.7. The van der Waals surface area contributed by atoms with E-state index in [4.69, 9.17) is 0 Å². The van der Waals surface area contributed by atoms with Gasteiger partial charge in [-0.15, -0.1) is 0 Å². The van der Waals surface area contributed by atoms with E-state index in [2.05, 4.69) is 21.9 Å². The monoisotopic (exact) mass is 391 g/mol. The molecule has 0 bridgehead atoms. The summed E-state index contributed by atoms with van der Waals surface area (Å²) in [6.07, 6.45) is 4.59. The predicted octanol–water partition coefficient (Wildman–Crippen LogP) is 1.93. The summed E-state index contributed by atoms with van der Waals surface area (Å²) in [6.45, 7) is 3.97. The Kier molecular flexibility index (Phi) is 5.81. The Hall–Kier alpha value is -2.39. The van der Waals surface area contributed by atoms with E-state index in [1.807, 2.05) is 28.8 Å². The number of nitrogens with one attached hydrogen (secondary N) is 2. The molecule has 1 aliphatic rings. The van der Waals surface area contributed by atoms with Gasteiger partial charge in [-0.3, -0.25) is 0 Å². The summed E-state index contributed by atoms with van der Waals surface area (Å²) in [5.41, 5.74) is 3.48. The van der Waals surface area contributed by atoms with Crippen molar-refractivity contribution >= 4 is 21.7 Å². The number of hydrogen-bond acceptors (Lipinski definition) is 4. The first-order valence-corrected chi connectivity index (χ1v) is 10.9. The van der Waals surface area contributed by atoms with Crippen LogP contribution in [0.2, 0.25) is 0 Å². The highest BCUT2D eigenvalue weighted by atomic mass is 32.2. The first-order chi connectivity index (χ1) is 12.9. The molecule has 146 valence electrons. The highest BCUT2D eigenvalue weighted by Crippen LogP contribution is 2.18. The number of sulfonamides is 1. The van der Waals surface area contributed by atoms with Crippen LogP contribution in [0.25, 0.3) is 0 Å². The van der Waals surface area contributed by atoms with E-state index in [1.165, 1.54) is 5.56 Å². The van der Waals surface area contributed by atoms with Gasteiger partial charge in [0, 0.05) is 18.8 Å². The quantitative estimate of drug-likeness (QED) is 0.814. The molecule has 1 aromatic carbocycles. The van der Waals surface area contributed by atoms with Gasteiger partial charge in [0.2, 0.25) is 10.0 Å². The second kappa shape index (κ2) is 8.10. The number of urea groups is 1. The van der Waals surface area contributed by atoms with Gasteiger partial charge in [-0.25, -0.2) is 22.9 Å². The molecule has 2 aromatic rings. The Morgan fingerprint density at radius 3 is 2.63 bits per heavy atom. The number of aryl methyl sites for hydroxylation is 2. The van der Waals surface area contributed by atoms with Gasteiger partial charge in [-0.1, -0.05) is 19.1 Å². The molecule has 0 spiro atoms. The average molecular weight is 391 g/mol. The summed E-state index contributed by atoms with van der Waals surface area (Å²) in [6, 6.07) is 7.64. The highest BCUT2D eigenvalue weighted by molar-refractivity contribution is 7.88. The average Bonchev–Trinajstić information content (AvgIpc) is 2.88. The Morgan fingerprint density at radius 1 is 1.22 bits per heavy atom. The van der Waals surface area contributed by atoms with Crippen LogP contribution >= 0.6 is 0 Å². The molecule has 8 nitrogen and oxygen atoms in total. The first-order valence-electron chi connectivity index (χ1n) is 8.98. The summed E-state index contributed by atoms with van der Waals surface area (Å²) in [5, 5.41) is 2.94. The molecular formula is C18H25N5O3S. The second-order valence-electron chi connectivity index (χ2n) is 6.68. The molecule has 0 saturated heterocycles. The zero-order chi connectivity index (χ0) is 19.4. The summed E-state index contributed by atoms with van der Waals surface area (Å²) < 4.78 is 27.2. The molecule has 0 aliphatic carbocycles. The molecule has 1 aliphatic heterocycles. The molecule has 0 radical (unpaired) electrons. The van der Waals surface area contributed by atoms with E-state index in [0.717, 1.165) is 37.0 Å². The van der Waals surface area contributed by atoms with Crippen molar-refractivity contribution in [2.45, 2.75) is 39.4 Å². The van der Waals surface area contributed by atoms with Crippen LogP contribution in [-0.4, -0.2) is 41.7 Å². The Balaban J connectivity index is 1.71. The fourth-order valence-corrected chi connectivity index (χ4v) is 3.46. The minimum absolute atomic E-state index is 0.120. The molecule has 0 atom stereocenters. The van der Waals surface area contributed by atoms with Gasteiger partial charge in [0.05, 0.1) is 37.1 Å². The van der Waals surface area contributed by atoms with Crippen LogP contribution in [0.3, 0.4) is 0 Å². The number of rotatable bonds is 5. The third kappa shape index (κ3) is 5.08. The second-order valence-corrected chi connectivity index (χ2v) is 8.51. The van der Waals surface area contributed by atoms with Gasteiger partial charge in [0.1, 0.15) is 0 Å². The number of hydrogen-bond donors (Lipinski definition) is 2. The molecule has 2 amide bonds. The zero-order valence-corrected chi connectivity index (χ0v) is 16.4. The van der Waals surface area contributed by atoms with Crippen LogP contribution in [0.5, 0.6) is 0 Å². The van der Waals surface area contributed by atoms with Crippen molar-refractivity contribution in [3.63, 3.8) is 0 Å². The lowest BCUT2D eigenvalue weighted by atomic mass is 10.1. The third-order valence-corrected chi connectivity index (χ3v) is 5.27. The minimum Gasteiger partial charge on any atom is -0.333 e. The molecule has 0 fully saturated rings. The third-order valence-electron chi connectivity index (χ3n) is 4.60. The number of aromatic nitrogens is 2. The van der Waals surface area contributed by atoms with E-state index < -0.39 is 10.0 Å². The molecule has 1 aromatic heterocycles. The van der Waals surface area contributed by atoms with Crippen molar-refractivity contribution < 1.29 is 13.2 Å². The lowest BCUT2D eigenvalue weighted by Gasteiger charge is -2.21. The topological polar surface area (TPSA) is 96.3 Å². The van der Waals surface area contributed by atoms with Crippen LogP contribution in [0.4, 0.5) is 10.5 Å². The standard InChI is InChI=1S/C18H25N5O3S/c1-3-14-5-7-15(8-6-14)21-18(24)22-9-4-10-23-13-19-16(17(23)12-22)11-20-27(2,25)26/h5-8,13,20H,3-4,9-12H2,1-2H3,(H,21,24). The van der Waals surface area contributed by atoms with E-state index in [0.29, 0.717) is 18.8 Å². The Labute approximate surface area is 159 Å². The number of carbonyl (C=O) groups is 1. The maximum Gasteiger partial charge on any atom is 0.322 e. The van der Waals surface area contributed by atoms with E-state index in [1.54, 1.807) is 11.2 Å². The molecule has 9 heteroatoms. The van der Waals surface area contributed by atoms with Crippen LogP contribution in [0.1, 0.15) is 30.3 Å². The van der Waals surface area contributed by atoms with Crippen LogP contribution in [0, 0.1) is 0 Å². The lowest BCUT2D eigenvalue weighted by molar-refractivity contribution is 0.210. The fraction of sp³-hybridized carbons (Fsp3) is 0.444. The number of nitrogens with zero attached hydrogens (tertiary/aromatic N) is 3. The van der Waals surface area contributed by atoms with Crippen molar-refractivity contribution in [1.82, 2.24) is 19.2 Å². The van der Waals surface area contributed by atoms with Gasteiger partial charge in [0.25, 0.3) is 0 Å². The molecule has 0 saturated carbocycles. The summed E-state index contributed by atoms with van der Waals surface area (Å²) >= 11 is 0. The van der Waals surface area contributed by atoms with Crippen molar-refractivity contribution in [3.8, 4) is 0 Å².